The second-order valence-electron chi connectivity index (χ2n) is 4.54. The summed E-state index contributed by atoms with van der Waals surface area (Å²) in [6, 6.07) is 11.1. The number of aryl methyl sites for hydroxylation is 1. The molecule has 1 aromatic carbocycles. The van der Waals surface area contributed by atoms with Crippen molar-refractivity contribution in [1.29, 1.82) is 0 Å². The van der Waals surface area contributed by atoms with Gasteiger partial charge in [-0.15, -0.1) is 0 Å². The minimum Gasteiger partial charge on any atom is -0.337 e. The molecule has 0 aliphatic rings. The van der Waals surface area contributed by atoms with Gasteiger partial charge in [-0.05, 0) is 24.1 Å². The third-order valence-electron chi connectivity index (χ3n) is 3.15. The highest BCUT2D eigenvalue weighted by molar-refractivity contribution is 5.57. The number of aromatic nitrogens is 3. The van der Waals surface area contributed by atoms with Crippen LogP contribution in [0.4, 0.5) is 0 Å². The van der Waals surface area contributed by atoms with Crippen LogP contribution in [0.1, 0.15) is 23.1 Å². The minimum atomic E-state index is -0.422. The first-order chi connectivity index (χ1) is 9.75. The molecule has 0 aliphatic carbocycles. The highest BCUT2D eigenvalue weighted by Crippen LogP contribution is 2.23. The topological polar surface area (TPSA) is 77.8 Å². The van der Waals surface area contributed by atoms with Crippen molar-refractivity contribution in [2.24, 2.45) is 5.73 Å². The summed E-state index contributed by atoms with van der Waals surface area (Å²) in [5, 5.41) is 3.99. The van der Waals surface area contributed by atoms with Gasteiger partial charge in [0, 0.05) is 18.0 Å². The van der Waals surface area contributed by atoms with Crippen molar-refractivity contribution >= 4 is 0 Å². The van der Waals surface area contributed by atoms with Gasteiger partial charge < -0.3 is 10.3 Å². The lowest BCUT2D eigenvalue weighted by Crippen LogP contribution is -2.12. The molecule has 0 spiro atoms. The van der Waals surface area contributed by atoms with E-state index in [2.05, 4.69) is 15.1 Å². The van der Waals surface area contributed by atoms with E-state index < -0.39 is 6.04 Å². The van der Waals surface area contributed by atoms with Crippen LogP contribution in [0.25, 0.3) is 11.4 Å². The summed E-state index contributed by atoms with van der Waals surface area (Å²) in [5.74, 6) is 0.909. The Kier molecular flexibility index (Phi) is 3.26. The van der Waals surface area contributed by atoms with Gasteiger partial charge in [0.1, 0.15) is 6.04 Å². The van der Waals surface area contributed by atoms with Gasteiger partial charge in [-0.1, -0.05) is 35.5 Å². The van der Waals surface area contributed by atoms with Gasteiger partial charge in [0.05, 0.1) is 0 Å². The van der Waals surface area contributed by atoms with E-state index in [0.717, 1.165) is 16.7 Å². The summed E-state index contributed by atoms with van der Waals surface area (Å²) < 4.78 is 5.28. The predicted octanol–water partition coefficient (Wildman–Crippen LogP) is 2.49. The molecule has 0 amide bonds. The number of nitrogens with two attached hydrogens (primary N) is 1. The smallest absolute Gasteiger partial charge is 0.248 e. The molecule has 2 heterocycles. The number of hydrogen-bond donors (Lipinski definition) is 1. The van der Waals surface area contributed by atoms with Gasteiger partial charge in [0.15, 0.2) is 0 Å². The lowest BCUT2D eigenvalue weighted by molar-refractivity contribution is 0.367. The zero-order valence-corrected chi connectivity index (χ0v) is 11.0. The Hall–Kier alpha value is -2.53. The average Bonchev–Trinajstić information content (AvgIpc) is 2.97. The maximum absolute atomic E-state index is 6.13. The van der Waals surface area contributed by atoms with Crippen LogP contribution in [0.2, 0.25) is 0 Å². The zero-order chi connectivity index (χ0) is 13.9. The number of benzene rings is 1. The van der Waals surface area contributed by atoms with Crippen molar-refractivity contribution in [3.63, 3.8) is 0 Å². The molecular weight excluding hydrogens is 252 g/mol. The molecule has 5 heteroatoms. The second-order valence-corrected chi connectivity index (χ2v) is 4.54. The minimum absolute atomic E-state index is 0.398. The highest BCUT2D eigenvalue weighted by Gasteiger charge is 2.18. The lowest BCUT2D eigenvalue weighted by Gasteiger charge is -2.05. The summed E-state index contributed by atoms with van der Waals surface area (Å²) in [4.78, 5) is 8.46. The fourth-order valence-electron chi connectivity index (χ4n) is 1.97. The molecule has 3 rings (SSSR count). The first-order valence-corrected chi connectivity index (χ1v) is 6.31. The molecule has 0 bridgehead atoms. The van der Waals surface area contributed by atoms with Crippen molar-refractivity contribution < 1.29 is 4.52 Å². The van der Waals surface area contributed by atoms with Crippen LogP contribution < -0.4 is 5.73 Å². The summed E-state index contributed by atoms with van der Waals surface area (Å²) in [7, 11) is 0. The summed E-state index contributed by atoms with van der Waals surface area (Å²) in [6.45, 7) is 1.98. The summed E-state index contributed by atoms with van der Waals surface area (Å²) >= 11 is 0. The van der Waals surface area contributed by atoms with Crippen LogP contribution in [0.15, 0.2) is 53.3 Å². The van der Waals surface area contributed by atoms with Crippen molar-refractivity contribution in [2.75, 3.05) is 0 Å². The van der Waals surface area contributed by atoms with E-state index in [-0.39, 0.29) is 0 Å². The normalized spacial score (nSPS) is 12.3. The molecule has 3 aromatic rings. The maximum atomic E-state index is 6.13. The number of rotatable bonds is 3. The van der Waals surface area contributed by atoms with Crippen LogP contribution in [-0.2, 0) is 0 Å². The molecule has 5 nitrogen and oxygen atoms in total. The van der Waals surface area contributed by atoms with E-state index in [1.54, 1.807) is 12.4 Å². The molecule has 20 heavy (non-hydrogen) atoms. The fourth-order valence-corrected chi connectivity index (χ4v) is 1.97. The van der Waals surface area contributed by atoms with Crippen LogP contribution >= 0.6 is 0 Å². The standard InChI is InChI=1S/C15H14N4O/c1-10-7-8-17-9-12(10)14-18-15(20-19-14)13(16)11-5-3-2-4-6-11/h2-9,13H,16H2,1H3. The molecule has 0 aliphatic heterocycles. The van der Waals surface area contributed by atoms with Crippen molar-refractivity contribution in [3.8, 4) is 11.4 Å². The molecule has 2 N–H and O–H groups in total. The summed E-state index contributed by atoms with van der Waals surface area (Å²) in [5.41, 5.74) is 8.96. The van der Waals surface area contributed by atoms with E-state index in [9.17, 15) is 0 Å². The van der Waals surface area contributed by atoms with Gasteiger partial charge >= 0.3 is 0 Å². The van der Waals surface area contributed by atoms with Gasteiger partial charge in [0.2, 0.25) is 11.7 Å². The van der Waals surface area contributed by atoms with Gasteiger partial charge in [-0.25, -0.2) is 0 Å². The van der Waals surface area contributed by atoms with E-state index in [1.807, 2.05) is 43.3 Å². The average molecular weight is 266 g/mol. The number of hydrogen-bond acceptors (Lipinski definition) is 5. The molecule has 100 valence electrons. The molecule has 1 atom stereocenters. The van der Waals surface area contributed by atoms with E-state index in [0.29, 0.717) is 11.7 Å². The Morgan fingerprint density at radius 3 is 2.70 bits per heavy atom. The van der Waals surface area contributed by atoms with Crippen molar-refractivity contribution in [3.05, 3.63) is 65.8 Å². The first-order valence-electron chi connectivity index (χ1n) is 6.31. The van der Waals surface area contributed by atoms with Crippen molar-refractivity contribution in [2.45, 2.75) is 13.0 Å². The van der Waals surface area contributed by atoms with Crippen LogP contribution in [0.3, 0.4) is 0 Å². The zero-order valence-electron chi connectivity index (χ0n) is 11.0. The third-order valence-corrected chi connectivity index (χ3v) is 3.15. The predicted molar refractivity (Wildman–Crippen MR) is 74.7 cm³/mol. The Morgan fingerprint density at radius 1 is 1.15 bits per heavy atom. The molecule has 2 aromatic heterocycles. The largest absolute Gasteiger partial charge is 0.337 e. The summed E-state index contributed by atoms with van der Waals surface area (Å²) in [6.07, 6.45) is 3.45. The van der Waals surface area contributed by atoms with E-state index >= 15 is 0 Å². The fraction of sp³-hybridized carbons (Fsp3) is 0.133. The highest BCUT2D eigenvalue weighted by atomic mass is 16.5. The van der Waals surface area contributed by atoms with Crippen LogP contribution in [-0.4, -0.2) is 15.1 Å². The quantitative estimate of drug-likeness (QED) is 0.788. The molecule has 0 saturated heterocycles. The van der Waals surface area contributed by atoms with E-state index in [4.69, 9.17) is 10.3 Å². The van der Waals surface area contributed by atoms with Gasteiger partial charge in [-0.2, -0.15) is 4.98 Å². The Morgan fingerprint density at radius 2 is 1.95 bits per heavy atom. The SMILES string of the molecule is Cc1ccncc1-c1noc(C(N)c2ccccc2)n1. The second kappa shape index (κ2) is 5.22. The van der Waals surface area contributed by atoms with Crippen molar-refractivity contribution in [1.82, 2.24) is 15.1 Å². The monoisotopic (exact) mass is 266 g/mol. The lowest BCUT2D eigenvalue weighted by atomic mass is 10.1. The van der Waals surface area contributed by atoms with E-state index in [1.165, 1.54) is 0 Å². The Balaban J connectivity index is 1.93. The Labute approximate surface area is 116 Å². The van der Waals surface area contributed by atoms with Gasteiger partial charge in [-0.3, -0.25) is 4.98 Å². The Bertz CT molecular complexity index is 709. The van der Waals surface area contributed by atoms with Crippen LogP contribution in [0, 0.1) is 6.92 Å². The molecule has 0 saturated carbocycles. The van der Waals surface area contributed by atoms with Gasteiger partial charge in [0.25, 0.3) is 0 Å². The molecule has 0 fully saturated rings. The number of nitrogens with zero attached hydrogens (tertiary/aromatic N) is 3. The first kappa shape index (κ1) is 12.5. The van der Waals surface area contributed by atoms with Crippen LogP contribution in [0.5, 0.6) is 0 Å². The molecular formula is C15H14N4O. The third kappa shape index (κ3) is 2.31. The molecule has 0 radical (unpaired) electrons. The maximum Gasteiger partial charge on any atom is 0.248 e. The molecule has 1 unspecified atom stereocenters. The number of pyridine rings is 1.